The van der Waals surface area contributed by atoms with E-state index in [1.807, 2.05) is 7.11 Å². The minimum Gasteiger partial charge on any atom is -0.384 e. The van der Waals surface area contributed by atoms with Crippen LogP contribution in [0.3, 0.4) is 0 Å². The highest BCUT2D eigenvalue weighted by Crippen LogP contribution is 2.20. The molecule has 2 N–H and O–H groups in total. The maximum atomic E-state index is 5.29. The Morgan fingerprint density at radius 2 is 1.81 bits per heavy atom. The summed E-state index contributed by atoms with van der Waals surface area (Å²) in [6.45, 7) is 3.24. The van der Waals surface area contributed by atoms with Gasteiger partial charge in [-0.05, 0) is 51.0 Å². The molecule has 94 valence electrons. The first-order valence-corrected chi connectivity index (χ1v) is 6.84. The van der Waals surface area contributed by atoms with Crippen molar-refractivity contribution >= 4 is 0 Å². The molecule has 1 unspecified atom stereocenters. The molecule has 0 aromatic heterocycles. The van der Waals surface area contributed by atoms with Crippen molar-refractivity contribution in [1.29, 1.82) is 0 Å². The zero-order valence-electron chi connectivity index (χ0n) is 10.5. The molecule has 2 aliphatic rings. The first-order chi connectivity index (χ1) is 7.88. The van der Waals surface area contributed by atoms with Crippen LogP contribution in [0.15, 0.2) is 0 Å². The average Bonchev–Trinajstić information content (AvgIpc) is 3.15. The number of hydrogen-bond acceptors (Lipinski definition) is 3. The summed E-state index contributed by atoms with van der Waals surface area (Å²) < 4.78 is 5.29. The highest BCUT2D eigenvalue weighted by Gasteiger charge is 2.22. The predicted octanol–water partition coefficient (Wildman–Crippen LogP) is 1.53. The van der Waals surface area contributed by atoms with Crippen LogP contribution < -0.4 is 10.6 Å². The summed E-state index contributed by atoms with van der Waals surface area (Å²) in [5.74, 6) is 0.701. The third-order valence-corrected chi connectivity index (χ3v) is 3.47. The quantitative estimate of drug-likeness (QED) is 0.554. The lowest BCUT2D eigenvalue weighted by Gasteiger charge is -2.16. The molecule has 0 amide bonds. The SMILES string of the molecule is COCC(CCCNC1CC1)CNC1CC1. The molecule has 2 aliphatic carbocycles. The van der Waals surface area contributed by atoms with Crippen molar-refractivity contribution in [2.45, 2.75) is 50.6 Å². The second-order valence-corrected chi connectivity index (χ2v) is 5.37. The second kappa shape index (κ2) is 6.58. The number of ether oxygens (including phenoxy) is 1. The van der Waals surface area contributed by atoms with Crippen LogP contribution in [0.4, 0.5) is 0 Å². The van der Waals surface area contributed by atoms with Crippen LogP contribution in [0, 0.1) is 5.92 Å². The molecule has 0 heterocycles. The van der Waals surface area contributed by atoms with Gasteiger partial charge in [-0.1, -0.05) is 0 Å². The minimum absolute atomic E-state index is 0.701. The Kier molecular flexibility index (Phi) is 5.07. The summed E-state index contributed by atoms with van der Waals surface area (Å²) in [5.41, 5.74) is 0. The molecule has 3 heteroatoms. The fourth-order valence-corrected chi connectivity index (χ4v) is 2.09. The van der Waals surface area contributed by atoms with Crippen LogP contribution in [0.25, 0.3) is 0 Å². The van der Waals surface area contributed by atoms with Gasteiger partial charge in [0.2, 0.25) is 0 Å². The second-order valence-electron chi connectivity index (χ2n) is 5.37. The van der Waals surface area contributed by atoms with Gasteiger partial charge in [0.1, 0.15) is 0 Å². The Hall–Kier alpha value is -0.120. The van der Waals surface area contributed by atoms with E-state index in [1.54, 1.807) is 0 Å². The first kappa shape index (κ1) is 12.3. The first-order valence-electron chi connectivity index (χ1n) is 6.84. The molecule has 0 aromatic rings. The lowest BCUT2D eigenvalue weighted by atomic mass is 10.0. The predicted molar refractivity (Wildman–Crippen MR) is 66.6 cm³/mol. The third-order valence-electron chi connectivity index (χ3n) is 3.47. The minimum atomic E-state index is 0.701. The van der Waals surface area contributed by atoms with Crippen LogP contribution in [0.1, 0.15) is 38.5 Å². The summed E-state index contributed by atoms with van der Waals surface area (Å²) in [7, 11) is 1.81. The van der Waals surface area contributed by atoms with Crippen molar-refractivity contribution in [2.75, 3.05) is 26.8 Å². The van der Waals surface area contributed by atoms with Gasteiger partial charge in [0.15, 0.2) is 0 Å². The molecule has 0 radical (unpaired) electrons. The molecule has 2 rings (SSSR count). The van der Waals surface area contributed by atoms with E-state index in [1.165, 1.54) is 45.1 Å². The van der Waals surface area contributed by atoms with E-state index in [4.69, 9.17) is 4.74 Å². The number of rotatable bonds is 10. The maximum Gasteiger partial charge on any atom is 0.0502 e. The van der Waals surface area contributed by atoms with Gasteiger partial charge in [0, 0.05) is 25.7 Å². The summed E-state index contributed by atoms with van der Waals surface area (Å²) in [6.07, 6.45) is 8.12. The van der Waals surface area contributed by atoms with Crippen molar-refractivity contribution in [3.63, 3.8) is 0 Å². The van der Waals surface area contributed by atoms with E-state index in [-0.39, 0.29) is 0 Å². The molecular weight excluding hydrogens is 200 g/mol. The van der Waals surface area contributed by atoms with Crippen molar-refractivity contribution in [3.8, 4) is 0 Å². The van der Waals surface area contributed by atoms with Crippen molar-refractivity contribution in [1.82, 2.24) is 10.6 Å². The highest BCUT2D eigenvalue weighted by atomic mass is 16.5. The van der Waals surface area contributed by atoms with E-state index in [9.17, 15) is 0 Å². The summed E-state index contributed by atoms with van der Waals surface area (Å²) in [5, 5.41) is 7.17. The van der Waals surface area contributed by atoms with Gasteiger partial charge in [-0.3, -0.25) is 0 Å². The third kappa shape index (κ3) is 5.28. The van der Waals surface area contributed by atoms with Gasteiger partial charge in [0.25, 0.3) is 0 Å². The van der Waals surface area contributed by atoms with E-state index < -0.39 is 0 Å². The standard InChI is InChI=1S/C13H26N2O/c1-16-10-11(9-15-13-6-7-13)3-2-8-14-12-4-5-12/h11-15H,2-10H2,1H3. The molecule has 2 fully saturated rings. The summed E-state index contributed by atoms with van der Waals surface area (Å²) >= 11 is 0. The normalized spacial score (nSPS) is 22.3. The van der Waals surface area contributed by atoms with Crippen LogP contribution in [0.5, 0.6) is 0 Å². The van der Waals surface area contributed by atoms with Crippen molar-refractivity contribution in [3.05, 3.63) is 0 Å². The Bertz CT molecular complexity index is 190. The molecule has 0 aromatic carbocycles. The zero-order chi connectivity index (χ0) is 11.2. The van der Waals surface area contributed by atoms with E-state index in [0.29, 0.717) is 5.92 Å². The fourth-order valence-electron chi connectivity index (χ4n) is 2.09. The van der Waals surface area contributed by atoms with Crippen LogP contribution in [-0.2, 0) is 4.74 Å². The van der Waals surface area contributed by atoms with Gasteiger partial charge in [-0.2, -0.15) is 0 Å². The lowest BCUT2D eigenvalue weighted by molar-refractivity contribution is 0.145. The molecular formula is C13H26N2O. The Balaban J connectivity index is 1.49. The molecule has 0 spiro atoms. The maximum absolute atomic E-state index is 5.29. The molecule has 0 saturated heterocycles. The summed E-state index contributed by atoms with van der Waals surface area (Å²) in [4.78, 5) is 0. The number of nitrogens with one attached hydrogen (secondary N) is 2. The van der Waals surface area contributed by atoms with Crippen molar-refractivity contribution in [2.24, 2.45) is 5.92 Å². The molecule has 2 saturated carbocycles. The van der Waals surface area contributed by atoms with E-state index in [2.05, 4.69) is 10.6 Å². The topological polar surface area (TPSA) is 33.3 Å². The largest absolute Gasteiger partial charge is 0.384 e. The van der Waals surface area contributed by atoms with Crippen LogP contribution in [0.2, 0.25) is 0 Å². The number of methoxy groups -OCH3 is 1. The fraction of sp³-hybridized carbons (Fsp3) is 1.00. The molecule has 1 atom stereocenters. The van der Waals surface area contributed by atoms with Gasteiger partial charge in [-0.15, -0.1) is 0 Å². The highest BCUT2D eigenvalue weighted by molar-refractivity contribution is 4.82. The monoisotopic (exact) mass is 226 g/mol. The van der Waals surface area contributed by atoms with Gasteiger partial charge in [-0.25, -0.2) is 0 Å². The van der Waals surface area contributed by atoms with Crippen molar-refractivity contribution < 1.29 is 4.74 Å². The molecule has 0 bridgehead atoms. The Labute approximate surface area is 99.3 Å². The van der Waals surface area contributed by atoms with Gasteiger partial charge in [0.05, 0.1) is 6.61 Å². The average molecular weight is 226 g/mol. The van der Waals surface area contributed by atoms with Crippen LogP contribution in [-0.4, -0.2) is 38.9 Å². The Morgan fingerprint density at radius 3 is 2.44 bits per heavy atom. The van der Waals surface area contributed by atoms with E-state index in [0.717, 1.165) is 25.2 Å². The zero-order valence-corrected chi connectivity index (χ0v) is 10.5. The Morgan fingerprint density at radius 1 is 1.12 bits per heavy atom. The summed E-state index contributed by atoms with van der Waals surface area (Å²) in [6, 6.07) is 1.68. The molecule has 0 aliphatic heterocycles. The smallest absolute Gasteiger partial charge is 0.0502 e. The molecule has 16 heavy (non-hydrogen) atoms. The van der Waals surface area contributed by atoms with Gasteiger partial charge >= 0.3 is 0 Å². The van der Waals surface area contributed by atoms with Crippen LogP contribution >= 0.6 is 0 Å². The lowest BCUT2D eigenvalue weighted by Crippen LogP contribution is -2.28. The van der Waals surface area contributed by atoms with Gasteiger partial charge < -0.3 is 15.4 Å². The molecule has 3 nitrogen and oxygen atoms in total. The van der Waals surface area contributed by atoms with E-state index >= 15 is 0 Å². The number of hydrogen-bond donors (Lipinski definition) is 2.